The number of benzene rings is 2. The third-order valence-electron chi connectivity index (χ3n) is 3.26. The number of carbonyl (C=O) groups excluding carboxylic acids is 1. The van der Waals surface area contributed by atoms with Gasteiger partial charge in [0.25, 0.3) is 0 Å². The first-order valence-electron chi connectivity index (χ1n) is 8.22. The summed E-state index contributed by atoms with van der Waals surface area (Å²) in [5.74, 6) is -0.538. The van der Waals surface area contributed by atoms with Crippen LogP contribution in [0.2, 0.25) is 10.0 Å². The van der Waals surface area contributed by atoms with E-state index in [1.807, 2.05) is 36.4 Å². The first-order chi connectivity index (χ1) is 13.1. The number of ether oxygens (including phenoxy) is 1. The Morgan fingerprint density at radius 2 is 1.41 bits per heavy atom. The van der Waals surface area contributed by atoms with Crippen LogP contribution in [0.1, 0.15) is 18.1 Å². The maximum atomic E-state index is 11.3. The van der Waals surface area contributed by atoms with E-state index < -0.39 is 5.97 Å². The predicted octanol–water partition coefficient (Wildman–Crippen LogP) is 5.71. The molecule has 0 atom stereocenters. The molecule has 0 aliphatic heterocycles. The van der Waals surface area contributed by atoms with Gasteiger partial charge in [-0.3, -0.25) is 0 Å². The van der Waals surface area contributed by atoms with Crippen LogP contribution in [0, 0.1) is 0 Å². The molecule has 2 aromatic carbocycles. The highest BCUT2D eigenvalue weighted by molar-refractivity contribution is 6.30. The van der Waals surface area contributed by atoms with Crippen molar-refractivity contribution in [3.8, 4) is 0 Å². The molecule has 2 aromatic rings. The van der Waals surface area contributed by atoms with Crippen LogP contribution >= 0.6 is 23.2 Å². The van der Waals surface area contributed by atoms with Gasteiger partial charge in [-0.2, -0.15) is 10.2 Å². The quantitative estimate of drug-likeness (QED) is 0.339. The fourth-order valence-electron chi connectivity index (χ4n) is 1.96. The monoisotopic (exact) mass is 400 g/mol. The van der Waals surface area contributed by atoms with Gasteiger partial charge in [-0.25, -0.2) is 4.79 Å². The van der Waals surface area contributed by atoms with Gasteiger partial charge in [-0.05, 0) is 54.5 Å². The van der Waals surface area contributed by atoms with E-state index in [0.717, 1.165) is 17.3 Å². The Bertz CT molecular complexity index is 811. The van der Waals surface area contributed by atoms with Crippen LogP contribution in [0.5, 0.6) is 0 Å². The molecule has 27 heavy (non-hydrogen) atoms. The Balaban J connectivity index is 2.19. The van der Waals surface area contributed by atoms with E-state index in [9.17, 15) is 4.79 Å². The zero-order valence-electron chi connectivity index (χ0n) is 14.7. The number of rotatable bonds is 7. The average molecular weight is 401 g/mol. The molecule has 0 aromatic heterocycles. The largest absolute Gasteiger partial charge is 0.462 e. The van der Waals surface area contributed by atoms with E-state index in [1.54, 1.807) is 43.3 Å². The Kier molecular flexibility index (Phi) is 8.49. The van der Waals surface area contributed by atoms with E-state index in [2.05, 4.69) is 10.2 Å². The molecule has 0 bridgehead atoms. The van der Waals surface area contributed by atoms with Gasteiger partial charge >= 0.3 is 5.97 Å². The number of esters is 1. The molecule has 0 spiro atoms. The van der Waals surface area contributed by atoms with Crippen molar-refractivity contribution < 1.29 is 9.53 Å². The van der Waals surface area contributed by atoms with Crippen LogP contribution in [-0.2, 0) is 9.53 Å². The maximum Gasteiger partial charge on any atom is 0.351 e. The molecule has 0 heterocycles. The SMILES string of the molecule is CCOC(=O)/C=N\N=C(/C=C\c1ccc(Cl)cc1)/C=C/c1ccc(Cl)cc1. The molecule has 0 fully saturated rings. The number of carbonyl (C=O) groups is 1. The predicted molar refractivity (Wildman–Crippen MR) is 114 cm³/mol. The van der Waals surface area contributed by atoms with Gasteiger partial charge in [-0.1, -0.05) is 59.6 Å². The molecule has 0 amide bonds. The van der Waals surface area contributed by atoms with Gasteiger partial charge in [0.15, 0.2) is 0 Å². The molecule has 4 nitrogen and oxygen atoms in total. The molecular formula is C21H18Cl2N2O2. The normalized spacial score (nSPS) is 12.3. The van der Waals surface area contributed by atoms with Gasteiger partial charge in [0.1, 0.15) is 6.21 Å². The fraction of sp³-hybridized carbons (Fsp3) is 0.0952. The minimum atomic E-state index is -0.538. The highest BCUT2D eigenvalue weighted by atomic mass is 35.5. The molecule has 0 aliphatic carbocycles. The zero-order chi connectivity index (χ0) is 19.5. The summed E-state index contributed by atoms with van der Waals surface area (Å²) in [6.07, 6.45) is 8.37. The lowest BCUT2D eigenvalue weighted by atomic mass is 10.1. The second-order valence-corrected chi connectivity index (χ2v) is 6.16. The lowest BCUT2D eigenvalue weighted by molar-refractivity contribution is -0.134. The third-order valence-corrected chi connectivity index (χ3v) is 3.76. The van der Waals surface area contributed by atoms with Crippen molar-refractivity contribution in [2.45, 2.75) is 6.92 Å². The Hall–Kier alpha value is -2.69. The lowest BCUT2D eigenvalue weighted by Crippen LogP contribution is -2.04. The second kappa shape index (κ2) is 11.1. The standard InChI is InChI=1S/C21H18Cl2N2O2/c1-2-27-21(26)15-24-25-20(13-7-16-3-9-18(22)10-4-16)14-8-17-5-11-19(23)12-6-17/h3-15H,2H2,1H3/b13-7-,14-8+,24-15-,25-20?. The average Bonchev–Trinajstić information content (AvgIpc) is 2.66. The summed E-state index contributed by atoms with van der Waals surface area (Å²) in [6, 6.07) is 14.8. The Labute approximate surface area is 168 Å². The van der Waals surface area contributed by atoms with Crippen molar-refractivity contribution in [1.82, 2.24) is 0 Å². The first kappa shape index (κ1) is 20.6. The number of hydrogen-bond donors (Lipinski definition) is 0. The Morgan fingerprint density at radius 3 is 1.85 bits per heavy atom. The van der Waals surface area contributed by atoms with Crippen molar-refractivity contribution >= 4 is 53.2 Å². The molecule has 0 unspecified atom stereocenters. The fourth-order valence-corrected chi connectivity index (χ4v) is 2.21. The molecule has 0 saturated carbocycles. The highest BCUT2D eigenvalue weighted by Crippen LogP contribution is 2.12. The summed E-state index contributed by atoms with van der Waals surface area (Å²) in [5, 5.41) is 9.20. The van der Waals surface area contributed by atoms with Gasteiger partial charge in [0.05, 0.1) is 12.3 Å². The summed E-state index contributed by atoms with van der Waals surface area (Å²) in [6.45, 7) is 2.01. The summed E-state index contributed by atoms with van der Waals surface area (Å²) < 4.78 is 4.79. The van der Waals surface area contributed by atoms with Gasteiger partial charge < -0.3 is 4.74 Å². The summed E-state index contributed by atoms with van der Waals surface area (Å²) in [5.41, 5.74) is 2.48. The highest BCUT2D eigenvalue weighted by Gasteiger charge is 1.95. The molecule has 2 rings (SSSR count). The second-order valence-electron chi connectivity index (χ2n) is 5.29. The van der Waals surface area contributed by atoms with Crippen molar-refractivity contribution in [3.63, 3.8) is 0 Å². The summed E-state index contributed by atoms with van der Waals surface area (Å²) >= 11 is 11.8. The lowest BCUT2D eigenvalue weighted by Gasteiger charge is -1.96. The van der Waals surface area contributed by atoms with E-state index in [0.29, 0.717) is 15.8 Å². The van der Waals surface area contributed by atoms with Gasteiger partial charge in [0.2, 0.25) is 0 Å². The molecule has 0 aliphatic rings. The van der Waals surface area contributed by atoms with Crippen molar-refractivity contribution in [2.24, 2.45) is 10.2 Å². The zero-order valence-corrected chi connectivity index (χ0v) is 16.2. The first-order valence-corrected chi connectivity index (χ1v) is 8.97. The van der Waals surface area contributed by atoms with E-state index in [-0.39, 0.29) is 6.61 Å². The smallest absolute Gasteiger partial charge is 0.351 e. The van der Waals surface area contributed by atoms with E-state index in [4.69, 9.17) is 27.9 Å². The van der Waals surface area contributed by atoms with Crippen molar-refractivity contribution in [3.05, 3.63) is 81.9 Å². The van der Waals surface area contributed by atoms with Crippen LogP contribution < -0.4 is 0 Å². The topological polar surface area (TPSA) is 51.0 Å². The minimum Gasteiger partial charge on any atom is -0.462 e. The Morgan fingerprint density at radius 1 is 0.926 bits per heavy atom. The number of nitrogens with zero attached hydrogens (tertiary/aromatic N) is 2. The van der Waals surface area contributed by atoms with Crippen molar-refractivity contribution in [2.75, 3.05) is 6.61 Å². The van der Waals surface area contributed by atoms with E-state index in [1.165, 1.54) is 0 Å². The molecular weight excluding hydrogens is 383 g/mol. The van der Waals surface area contributed by atoms with Gasteiger partial charge in [-0.15, -0.1) is 0 Å². The van der Waals surface area contributed by atoms with Crippen LogP contribution in [0.3, 0.4) is 0 Å². The van der Waals surface area contributed by atoms with Crippen LogP contribution in [0.25, 0.3) is 12.2 Å². The number of allylic oxidation sites excluding steroid dienone is 2. The summed E-state index contributed by atoms with van der Waals surface area (Å²) in [7, 11) is 0. The number of hydrogen-bond acceptors (Lipinski definition) is 4. The molecule has 0 saturated heterocycles. The van der Waals surface area contributed by atoms with Crippen LogP contribution in [-0.4, -0.2) is 24.5 Å². The van der Waals surface area contributed by atoms with Crippen LogP contribution in [0.15, 0.2) is 70.9 Å². The maximum absolute atomic E-state index is 11.3. The minimum absolute atomic E-state index is 0.286. The van der Waals surface area contributed by atoms with Crippen molar-refractivity contribution in [1.29, 1.82) is 0 Å². The van der Waals surface area contributed by atoms with Gasteiger partial charge in [0, 0.05) is 10.0 Å². The van der Waals surface area contributed by atoms with E-state index >= 15 is 0 Å². The van der Waals surface area contributed by atoms with Crippen LogP contribution in [0.4, 0.5) is 0 Å². The molecule has 0 radical (unpaired) electrons. The third kappa shape index (κ3) is 8.03. The summed E-state index contributed by atoms with van der Waals surface area (Å²) in [4.78, 5) is 11.3. The molecule has 138 valence electrons. The molecule has 6 heteroatoms. The molecule has 0 N–H and O–H groups in total. The number of halogens is 2.